The third-order valence-electron chi connectivity index (χ3n) is 6.13. The Hall–Kier alpha value is -1.33. The van der Waals surface area contributed by atoms with Gasteiger partial charge < -0.3 is 10.6 Å². The molecule has 2 N–H and O–H groups in total. The van der Waals surface area contributed by atoms with E-state index in [-0.39, 0.29) is 22.8 Å². The predicted octanol–water partition coefficient (Wildman–Crippen LogP) is 3.53. The number of hydrogen-bond donors (Lipinski definition) is 1. The van der Waals surface area contributed by atoms with Crippen LogP contribution in [0, 0.1) is 23.6 Å². The summed E-state index contributed by atoms with van der Waals surface area (Å²) in [6.07, 6.45) is 3.04. The first-order chi connectivity index (χ1) is 12.3. The Bertz CT molecular complexity index is 668. The van der Waals surface area contributed by atoms with Crippen LogP contribution in [0.2, 0.25) is 5.02 Å². The Morgan fingerprint density at radius 3 is 2.73 bits per heavy atom. The predicted molar refractivity (Wildman–Crippen MR) is 104 cm³/mol. The third-order valence-corrected chi connectivity index (χ3v) is 6.41. The van der Waals surface area contributed by atoms with Crippen molar-refractivity contribution in [3.05, 3.63) is 29.0 Å². The van der Waals surface area contributed by atoms with Crippen molar-refractivity contribution in [1.82, 2.24) is 4.90 Å². The fraction of sp³-hybridized carbons (Fsp3) is 0.650. The summed E-state index contributed by atoms with van der Waals surface area (Å²) in [7, 11) is 2.04. The molecule has 4 atom stereocenters. The molecule has 0 unspecified atom stereocenters. The van der Waals surface area contributed by atoms with Gasteiger partial charge in [-0.15, -0.1) is 0 Å². The van der Waals surface area contributed by atoms with Gasteiger partial charge in [0.15, 0.2) is 0 Å². The molecule has 1 saturated heterocycles. The first-order valence-electron chi connectivity index (χ1n) is 9.49. The van der Waals surface area contributed by atoms with E-state index in [0.29, 0.717) is 23.8 Å². The van der Waals surface area contributed by atoms with Crippen LogP contribution < -0.4 is 10.6 Å². The molecule has 1 aliphatic carbocycles. The summed E-state index contributed by atoms with van der Waals surface area (Å²) in [5, 5.41) is 0.166. The normalized spacial score (nSPS) is 26.6. The molecule has 2 fully saturated rings. The number of carbonyl (C=O) groups is 1. The summed E-state index contributed by atoms with van der Waals surface area (Å²) in [5.74, 6) is 0.903. The number of benzene rings is 1. The largest absolute Gasteiger partial charge is 0.371 e. The number of rotatable bonds is 6. The summed E-state index contributed by atoms with van der Waals surface area (Å²) < 4.78 is 13.5. The van der Waals surface area contributed by atoms with Crippen molar-refractivity contribution in [2.75, 3.05) is 25.0 Å². The van der Waals surface area contributed by atoms with E-state index in [9.17, 15) is 9.18 Å². The van der Waals surface area contributed by atoms with Gasteiger partial charge in [-0.2, -0.15) is 0 Å². The van der Waals surface area contributed by atoms with Gasteiger partial charge in [0.05, 0.1) is 11.1 Å². The van der Waals surface area contributed by atoms with Gasteiger partial charge in [0.25, 0.3) is 0 Å². The Morgan fingerprint density at radius 1 is 1.38 bits per heavy atom. The molecule has 6 heteroatoms. The fourth-order valence-electron chi connectivity index (χ4n) is 4.80. The van der Waals surface area contributed by atoms with Gasteiger partial charge in [-0.3, -0.25) is 9.69 Å². The number of halogens is 2. The minimum Gasteiger partial charge on any atom is -0.371 e. The van der Waals surface area contributed by atoms with Crippen molar-refractivity contribution in [3.8, 4) is 0 Å². The van der Waals surface area contributed by atoms with E-state index in [1.807, 2.05) is 7.05 Å². The average molecular weight is 382 g/mol. The van der Waals surface area contributed by atoms with E-state index < -0.39 is 0 Å². The van der Waals surface area contributed by atoms with Gasteiger partial charge in [-0.05, 0) is 62.3 Å². The minimum absolute atomic E-state index is 0.166. The summed E-state index contributed by atoms with van der Waals surface area (Å²) in [5.41, 5.74) is 6.67. The second-order valence-corrected chi connectivity index (χ2v) is 8.69. The van der Waals surface area contributed by atoms with Gasteiger partial charge in [0, 0.05) is 24.8 Å². The summed E-state index contributed by atoms with van der Waals surface area (Å²) in [6, 6.07) is 5.08. The zero-order valence-corrected chi connectivity index (χ0v) is 16.5. The molecule has 0 radical (unpaired) electrons. The van der Waals surface area contributed by atoms with E-state index in [4.69, 9.17) is 17.3 Å². The second-order valence-electron chi connectivity index (χ2n) is 8.29. The highest BCUT2D eigenvalue weighted by Gasteiger charge is 2.46. The minimum atomic E-state index is -0.384. The van der Waals surface area contributed by atoms with Crippen molar-refractivity contribution in [2.24, 2.45) is 23.5 Å². The van der Waals surface area contributed by atoms with Crippen molar-refractivity contribution < 1.29 is 9.18 Å². The number of nitrogens with two attached hydrogens (primary N) is 1. The maximum atomic E-state index is 13.5. The van der Waals surface area contributed by atoms with Gasteiger partial charge >= 0.3 is 0 Å². The number of hydrogen-bond acceptors (Lipinski definition) is 3. The first-order valence-corrected chi connectivity index (χ1v) is 9.87. The molecule has 1 heterocycles. The van der Waals surface area contributed by atoms with Crippen LogP contribution in [0.4, 0.5) is 10.1 Å². The monoisotopic (exact) mass is 381 g/mol. The van der Waals surface area contributed by atoms with Crippen molar-refractivity contribution in [1.29, 1.82) is 0 Å². The molecule has 144 valence electrons. The van der Waals surface area contributed by atoms with Crippen molar-refractivity contribution >= 4 is 23.2 Å². The van der Waals surface area contributed by atoms with Gasteiger partial charge in [-0.1, -0.05) is 25.4 Å². The molecule has 1 amide bonds. The highest BCUT2D eigenvalue weighted by atomic mass is 35.5. The van der Waals surface area contributed by atoms with Crippen LogP contribution >= 0.6 is 11.6 Å². The SMILES string of the molecule is CC(C)C[C@@H](C(N)=O)N(C)[C@H]1CC[C@@H]2CN(c3ccc(F)c(Cl)c3)C[C@@H]21. The highest BCUT2D eigenvalue weighted by molar-refractivity contribution is 6.31. The number of likely N-dealkylation sites (N-methyl/N-ethyl adjacent to an activating group) is 1. The van der Waals surface area contributed by atoms with Crippen LogP contribution in [0.5, 0.6) is 0 Å². The molecule has 0 aromatic heterocycles. The Balaban J connectivity index is 1.72. The topological polar surface area (TPSA) is 49.6 Å². The average Bonchev–Trinajstić information content (AvgIpc) is 3.14. The molecule has 3 rings (SSSR count). The number of fused-ring (bicyclic) bond motifs is 1. The Kier molecular flexibility index (Phi) is 5.78. The lowest BCUT2D eigenvalue weighted by molar-refractivity contribution is -0.124. The van der Waals surface area contributed by atoms with Gasteiger partial charge in [0.2, 0.25) is 5.91 Å². The second kappa shape index (κ2) is 7.73. The molecule has 2 aliphatic rings. The van der Waals surface area contributed by atoms with Crippen LogP contribution in [0.1, 0.15) is 33.1 Å². The summed E-state index contributed by atoms with van der Waals surface area (Å²) in [4.78, 5) is 16.5. The van der Waals surface area contributed by atoms with Crippen LogP contribution in [0.3, 0.4) is 0 Å². The van der Waals surface area contributed by atoms with E-state index >= 15 is 0 Å². The van der Waals surface area contributed by atoms with Crippen LogP contribution in [-0.2, 0) is 4.79 Å². The molecule has 4 nitrogen and oxygen atoms in total. The number of primary amides is 1. The lowest BCUT2D eigenvalue weighted by Crippen LogP contribution is -2.50. The molecule has 1 saturated carbocycles. The first kappa shape index (κ1) is 19.4. The number of carbonyl (C=O) groups excluding carboxylic acids is 1. The number of amides is 1. The van der Waals surface area contributed by atoms with Crippen LogP contribution in [-0.4, -0.2) is 43.0 Å². The van der Waals surface area contributed by atoms with Gasteiger partial charge in [-0.25, -0.2) is 4.39 Å². The van der Waals surface area contributed by atoms with Crippen molar-refractivity contribution in [3.63, 3.8) is 0 Å². The molecular weight excluding hydrogens is 353 g/mol. The standard InChI is InChI=1S/C20H29ClFN3O/c1-12(2)8-19(20(23)26)24(3)18-7-4-13-10-25(11-15(13)18)14-5-6-17(22)16(21)9-14/h5-6,9,12-13,15,18-19H,4,7-8,10-11H2,1-3H3,(H2,23,26)/t13-,15+,18+,19+/m1/s1. The van der Waals surface area contributed by atoms with Crippen LogP contribution in [0.15, 0.2) is 18.2 Å². The Labute approximate surface area is 160 Å². The maximum absolute atomic E-state index is 13.5. The molecular formula is C20H29ClFN3O. The Morgan fingerprint density at radius 2 is 2.12 bits per heavy atom. The van der Waals surface area contributed by atoms with E-state index in [1.54, 1.807) is 12.1 Å². The van der Waals surface area contributed by atoms with E-state index in [1.165, 1.54) is 6.07 Å². The quantitative estimate of drug-likeness (QED) is 0.820. The molecule has 0 spiro atoms. The number of nitrogens with zero attached hydrogens (tertiary/aromatic N) is 2. The molecule has 1 aromatic carbocycles. The third kappa shape index (κ3) is 3.84. The van der Waals surface area contributed by atoms with Gasteiger partial charge in [0.1, 0.15) is 5.82 Å². The lowest BCUT2D eigenvalue weighted by Gasteiger charge is -2.35. The molecule has 1 aliphatic heterocycles. The molecule has 1 aromatic rings. The summed E-state index contributed by atoms with van der Waals surface area (Å²) >= 11 is 5.96. The molecule has 26 heavy (non-hydrogen) atoms. The zero-order chi connectivity index (χ0) is 19.0. The number of anilines is 1. The molecule has 0 bridgehead atoms. The lowest BCUT2D eigenvalue weighted by atomic mass is 9.94. The summed E-state index contributed by atoms with van der Waals surface area (Å²) in [6.45, 7) is 6.12. The zero-order valence-electron chi connectivity index (χ0n) is 15.8. The fourth-order valence-corrected chi connectivity index (χ4v) is 4.97. The smallest absolute Gasteiger partial charge is 0.234 e. The van der Waals surface area contributed by atoms with Crippen LogP contribution in [0.25, 0.3) is 0 Å². The van der Waals surface area contributed by atoms with Crippen molar-refractivity contribution in [2.45, 2.75) is 45.2 Å². The van der Waals surface area contributed by atoms with E-state index in [0.717, 1.165) is 38.0 Å². The maximum Gasteiger partial charge on any atom is 0.234 e. The highest BCUT2D eigenvalue weighted by Crippen LogP contribution is 2.43. The van der Waals surface area contributed by atoms with E-state index in [2.05, 4.69) is 23.6 Å².